The Bertz CT molecular complexity index is 648. The maximum atomic E-state index is 4.77. The number of nitrogens with one attached hydrogen (secondary N) is 2. The molecule has 0 saturated carbocycles. The van der Waals surface area contributed by atoms with Crippen LogP contribution in [0.2, 0.25) is 0 Å². The van der Waals surface area contributed by atoms with Crippen molar-refractivity contribution in [3.05, 3.63) is 48.7 Å². The van der Waals surface area contributed by atoms with Gasteiger partial charge >= 0.3 is 0 Å². The highest BCUT2D eigenvalue weighted by molar-refractivity contribution is 14.0. The SMILES string of the molecule is C=CCCCN(C)C(=NCCc1c[nH]c2ccccc12)NCC.I. The largest absolute Gasteiger partial charge is 0.361 e. The number of fused-ring (bicyclic) bond motifs is 1. The van der Waals surface area contributed by atoms with Gasteiger partial charge in [-0.15, -0.1) is 30.6 Å². The highest BCUT2D eigenvalue weighted by Gasteiger charge is 2.06. The molecule has 0 unspecified atom stereocenters. The summed E-state index contributed by atoms with van der Waals surface area (Å²) in [5.41, 5.74) is 2.52. The number of halogens is 1. The van der Waals surface area contributed by atoms with Crippen LogP contribution in [0.1, 0.15) is 25.3 Å². The number of aliphatic imine (C=N–C) groups is 1. The van der Waals surface area contributed by atoms with Crippen LogP contribution in [0.3, 0.4) is 0 Å². The molecule has 2 N–H and O–H groups in total. The van der Waals surface area contributed by atoms with Gasteiger partial charge in [-0.25, -0.2) is 0 Å². The molecule has 0 aliphatic carbocycles. The number of guanidine groups is 1. The van der Waals surface area contributed by atoms with Crippen LogP contribution in [0.5, 0.6) is 0 Å². The fourth-order valence-corrected chi connectivity index (χ4v) is 2.67. The first-order valence-electron chi connectivity index (χ1n) is 8.41. The zero-order valence-corrected chi connectivity index (χ0v) is 17.0. The third-order valence-electron chi connectivity index (χ3n) is 3.92. The zero-order valence-electron chi connectivity index (χ0n) is 14.7. The van der Waals surface area contributed by atoms with E-state index in [0.717, 1.165) is 44.9 Å². The number of aromatic nitrogens is 1. The Labute approximate surface area is 162 Å². The number of unbranched alkanes of at least 4 members (excludes halogenated alkanes) is 1. The van der Waals surface area contributed by atoms with Crippen LogP contribution in [-0.2, 0) is 6.42 Å². The van der Waals surface area contributed by atoms with E-state index in [0.29, 0.717) is 0 Å². The van der Waals surface area contributed by atoms with Gasteiger partial charge in [-0.3, -0.25) is 4.99 Å². The van der Waals surface area contributed by atoms with Crippen molar-refractivity contribution >= 4 is 40.8 Å². The molecule has 0 spiro atoms. The minimum absolute atomic E-state index is 0. The lowest BCUT2D eigenvalue weighted by Crippen LogP contribution is -2.39. The molecular weight excluding hydrogens is 411 g/mol. The summed E-state index contributed by atoms with van der Waals surface area (Å²) in [5, 5.41) is 4.67. The summed E-state index contributed by atoms with van der Waals surface area (Å²) in [6, 6.07) is 8.42. The Morgan fingerprint density at radius 2 is 2.17 bits per heavy atom. The van der Waals surface area contributed by atoms with E-state index in [-0.39, 0.29) is 24.0 Å². The van der Waals surface area contributed by atoms with E-state index >= 15 is 0 Å². The minimum atomic E-state index is 0. The predicted molar refractivity (Wildman–Crippen MR) is 115 cm³/mol. The molecular formula is C19H29IN4. The molecule has 0 amide bonds. The van der Waals surface area contributed by atoms with Gasteiger partial charge in [0.1, 0.15) is 0 Å². The van der Waals surface area contributed by atoms with Crippen LogP contribution in [0, 0.1) is 0 Å². The van der Waals surface area contributed by atoms with E-state index in [1.165, 1.54) is 16.5 Å². The maximum Gasteiger partial charge on any atom is 0.193 e. The van der Waals surface area contributed by atoms with Gasteiger partial charge in [-0.05, 0) is 37.8 Å². The fourth-order valence-electron chi connectivity index (χ4n) is 2.67. The second kappa shape index (κ2) is 11.1. The quantitative estimate of drug-likeness (QED) is 0.213. The molecule has 4 nitrogen and oxygen atoms in total. The van der Waals surface area contributed by atoms with E-state index in [1.807, 2.05) is 6.08 Å². The normalized spacial score (nSPS) is 11.2. The molecule has 0 saturated heterocycles. The molecule has 5 heteroatoms. The third kappa shape index (κ3) is 5.85. The Morgan fingerprint density at radius 3 is 2.92 bits per heavy atom. The maximum absolute atomic E-state index is 4.77. The summed E-state index contributed by atoms with van der Waals surface area (Å²) in [7, 11) is 2.09. The van der Waals surface area contributed by atoms with Crippen molar-refractivity contribution < 1.29 is 0 Å². The van der Waals surface area contributed by atoms with Crippen LogP contribution in [0.15, 0.2) is 48.1 Å². The Morgan fingerprint density at radius 1 is 1.38 bits per heavy atom. The van der Waals surface area contributed by atoms with Crippen molar-refractivity contribution in [2.24, 2.45) is 4.99 Å². The summed E-state index contributed by atoms with van der Waals surface area (Å²) in [5.74, 6) is 0.983. The van der Waals surface area contributed by atoms with Crippen molar-refractivity contribution in [1.29, 1.82) is 0 Å². The molecule has 1 aromatic heterocycles. The van der Waals surface area contributed by atoms with Crippen LogP contribution in [-0.4, -0.2) is 42.5 Å². The molecule has 0 radical (unpaired) electrons. The van der Waals surface area contributed by atoms with E-state index in [9.17, 15) is 0 Å². The van der Waals surface area contributed by atoms with Crippen molar-refractivity contribution in [3.63, 3.8) is 0 Å². The van der Waals surface area contributed by atoms with Gasteiger partial charge in [0.2, 0.25) is 0 Å². The van der Waals surface area contributed by atoms with Crippen LogP contribution in [0.4, 0.5) is 0 Å². The number of para-hydroxylation sites is 1. The lowest BCUT2D eigenvalue weighted by Gasteiger charge is -2.21. The molecule has 1 aromatic carbocycles. The first-order chi connectivity index (χ1) is 11.3. The number of nitrogens with zero attached hydrogens (tertiary/aromatic N) is 2. The van der Waals surface area contributed by atoms with Crippen molar-refractivity contribution in [3.8, 4) is 0 Å². The van der Waals surface area contributed by atoms with Gasteiger partial charge in [0.25, 0.3) is 0 Å². The zero-order chi connectivity index (χ0) is 16.5. The summed E-state index contributed by atoms with van der Waals surface area (Å²) >= 11 is 0. The average molecular weight is 440 g/mol. The average Bonchev–Trinajstić information content (AvgIpc) is 2.97. The minimum Gasteiger partial charge on any atom is -0.361 e. The number of rotatable bonds is 8. The molecule has 132 valence electrons. The van der Waals surface area contributed by atoms with E-state index in [4.69, 9.17) is 4.99 Å². The smallest absolute Gasteiger partial charge is 0.193 e. The van der Waals surface area contributed by atoms with Gasteiger partial charge in [-0.1, -0.05) is 24.3 Å². The second-order valence-corrected chi connectivity index (χ2v) is 5.70. The highest BCUT2D eigenvalue weighted by Crippen LogP contribution is 2.17. The number of aromatic amines is 1. The molecule has 2 aromatic rings. The monoisotopic (exact) mass is 440 g/mol. The molecule has 0 atom stereocenters. The predicted octanol–water partition coefficient (Wildman–Crippen LogP) is 4.19. The second-order valence-electron chi connectivity index (χ2n) is 5.70. The van der Waals surface area contributed by atoms with Gasteiger partial charge in [0, 0.05) is 43.8 Å². The number of hydrogen-bond donors (Lipinski definition) is 2. The van der Waals surface area contributed by atoms with Gasteiger partial charge in [0.05, 0.1) is 0 Å². The standard InChI is InChI=1S/C19H28N4.HI/c1-4-6-9-14-23(3)19(20-5-2)21-13-12-16-15-22-18-11-8-7-10-17(16)18;/h4,7-8,10-11,15,22H,1,5-6,9,12-14H2,2-3H3,(H,20,21);1H. The first-order valence-corrected chi connectivity index (χ1v) is 8.41. The molecule has 0 bridgehead atoms. The third-order valence-corrected chi connectivity index (χ3v) is 3.92. The van der Waals surface area contributed by atoms with Gasteiger partial charge in [-0.2, -0.15) is 0 Å². The first kappa shape index (κ1) is 20.5. The summed E-state index contributed by atoms with van der Waals surface area (Å²) in [6.07, 6.45) is 7.15. The van der Waals surface area contributed by atoms with E-state index in [2.05, 4.69) is 66.2 Å². The number of allylic oxidation sites excluding steroid dienone is 1. The van der Waals surface area contributed by atoms with Gasteiger partial charge in [0.15, 0.2) is 5.96 Å². The Kier molecular flexibility index (Phi) is 9.52. The number of benzene rings is 1. The number of H-pyrrole nitrogens is 1. The Hall–Kier alpha value is -1.50. The van der Waals surface area contributed by atoms with E-state index < -0.39 is 0 Å². The molecule has 0 aliphatic rings. The number of hydrogen-bond acceptors (Lipinski definition) is 1. The summed E-state index contributed by atoms with van der Waals surface area (Å²) in [4.78, 5) is 10.3. The molecule has 1 heterocycles. The Balaban J connectivity index is 0.00000288. The summed E-state index contributed by atoms with van der Waals surface area (Å²) in [6.45, 7) is 8.54. The van der Waals surface area contributed by atoms with E-state index in [1.54, 1.807) is 0 Å². The lowest BCUT2D eigenvalue weighted by atomic mass is 10.1. The summed E-state index contributed by atoms with van der Waals surface area (Å²) < 4.78 is 0. The van der Waals surface area contributed by atoms with Crippen molar-refractivity contribution in [1.82, 2.24) is 15.2 Å². The molecule has 0 fully saturated rings. The molecule has 2 rings (SSSR count). The van der Waals surface area contributed by atoms with Crippen molar-refractivity contribution in [2.75, 3.05) is 26.7 Å². The highest BCUT2D eigenvalue weighted by atomic mass is 127. The fraction of sp³-hybridized carbons (Fsp3) is 0.421. The van der Waals surface area contributed by atoms with Crippen LogP contribution >= 0.6 is 24.0 Å². The topological polar surface area (TPSA) is 43.4 Å². The molecule has 0 aliphatic heterocycles. The molecule has 24 heavy (non-hydrogen) atoms. The van der Waals surface area contributed by atoms with Crippen LogP contribution < -0.4 is 5.32 Å². The van der Waals surface area contributed by atoms with Gasteiger partial charge < -0.3 is 15.2 Å². The lowest BCUT2D eigenvalue weighted by molar-refractivity contribution is 0.470. The van der Waals surface area contributed by atoms with Crippen molar-refractivity contribution in [2.45, 2.75) is 26.2 Å². The van der Waals surface area contributed by atoms with Crippen LogP contribution in [0.25, 0.3) is 10.9 Å².